The molecule has 0 bridgehead atoms. The number of hydrogen-bond donors (Lipinski definition) is 1. The largest absolute Gasteiger partial charge is 0.388 e. The third-order valence-corrected chi connectivity index (χ3v) is 4.62. The van der Waals surface area contributed by atoms with Crippen LogP contribution in [0, 0.1) is 17.7 Å². The Hall–Kier alpha value is -0.410. The van der Waals surface area contributed by atoms with Crippen LogP contribution in [0.25, 0.3) is 0 Å². The van der Waals surface area contributed by atoms with Gasteiger partial charge in [-0.1, -0.05) is 42.1 Å². The summed E-state index contributed by atoms with van der Waals surface area (Å²) in [5, 5.41) is 10.4. The zero-order valence-corrected chi connectivity index (χ0v) is 12.3. The normalized spacial score (nSPS) is 26.0. The van der Waals surface area contributed by atoms with Gasteiger partial charge in [0.15, 0.2) is 0 Å². The Morgan fingerprint density at radius 2 is 2.22 bits per heavy atom. The number of aliphatic hydroxyl groups is 1. The van der Waals surface area contributed by atoms with Gasteiger partial charge in [-0.25, -0.2) is 4.39 Å². The maximum atomic E-state index is 13.8. The van der Waals surface area contributed by atoms with Crippen LogP contribution in [0.15, 0.2) is 22.7 Å². The molecule has 0 saturated heterocycles. The van der Waals surface area contributed by atoms with E-state index in [2.05, 4.69) is 22.9 Å². The molecule has 0 heterocycles. The number of benzene rings is 1. The first-order valence-electron chi connectivity index (χ1n) is 6.74. The first-order valence-corrected chi connectivity index (χ1v) is 7.54. The van der Waals surface area contributed by atoms with Gasteiger partial charge in [-0.3, -0.25) is 0 Å². The van der Waals surface area contributed by atoms with E-state index in [-0.39, 0.29) is 11.7 Å². The number of aliphatic hydroxyl groups excluding tert-OH is 1. The second kappa shape index (κ2) is 6.16. The molecule has 0 spiro atoms. The van der Waals surface area contributed by atoms with Crippen molar-refractivity contribution in [1.82, 2.24) is 0 Å². The van der Waals surface area contributed by atoms with Gasteiger partial charge >= 0.3 is 0 Å². The van der Waals surface area contributed by atoms with Crippen LogP contribution in [0.5, 0.6) is 0 Å². The molecule has 2 rings (SSSR count). The lowest BCUT2D eigenvalue weighted by Crippen LogP contribution is -2.22. The summed E-state index contributed by atoms with van der Waals surface area (Å²) in [6.07, 6.45) is 4.91. The summed E-state index contributed by atoms with van der Waals surface area (Å²) in [6, 6.07) is 4.79. The lowest BCUT2D eigenvalue weighted by atomic mass is 9.76. The summed E-state index contributed by atoms with van der Waals surface area (Å²) in [4.78, 5) is 0. The molecule has 3 heteroatoms. The minimum absolute atomic E-state index is 0.201. The van der Waals surface area contributed by atoms with Crippen LogP contribution >= 0.6 is 15.9 Å². The molecule has 3 unspecified atom stereocenters. The lowest BCUT2D eigenvalue weighted by Gasteiger charge is -2.32. The highest BCUT2D eigenvalue weighted by Crippen LogP contribution is 2.39. The first kappa shape index (κ1) is 14.0. The molecule has 0 aliphatic heterocycles. The molecule has 1 nitrogen and oxygen atoms in total. The van der Waals surface area contributed by atoms with Gasteiger partial charge in [-0.15, -0.1) is 0 Å². The van der Waals surface area contributed by atoms with E-state index in [1.165, 1.54) is 12.5 Å². The molecule has 0 amide bonds. The van der Waals surface area contributed by atoms with Crippen LogP contribution in [-0.2, 0) is 0 Å². The fraction of sp³-hybridized carbons (Fsp3) is 0.600. The highest BCUT2D eigenvalue weighted by molar-refractivity contribution is 9.10. The van der Waals surface area contributed by atoms with Crippen LogP contribution in [0.1, 0.15) is 50.7 Å². The molecule has 3 atom stereocenters. The number of rotatable bonds is 3. The van der Waals surface area contributed by atoms with Crippen molar-refractivity contribution in [2.24, 2.45) is 11.8 Å². The standard InChI is InChI=1S/C15H20BrFO/c1-2-10-4-3-5-11(8-10)15(18)13-9-12(16)6-7-14(13)17/h6-7,9-11,15,18H,2-5,8H2,1H3. The van der Waals surface area contributed by atoms with E-state index in [1.54, 1.807) is 12.1 Å². The second-order valence-electron chi connectivity index (χ2n) is 5.31. The van der Waals surface area contributed by atoms with Crippen LogP contribution in [0.2, 0.25) is 0 Å². The van der Waals surface area contributed by atoms with Gasteiger partial charge in [-0.05, 0) is 42.9 Å². The van der Waals surface area contributed by atoms with Crippen LogP contribution in [-0.4, -0.2) is 5.11 Å². The van der Waals surface area contributed by atoms with E-state index in [1.807, 2.05) is 0 Å². The maximum Gasteiger partial charge on any atom is 0.129 e. The van der Waals surface area contributed by atoms with Crippen LogP contribution in [0.4, 0.5) is 4.39 Å². The van der Waals surface area contributed by atoms with Crippen molar-refractivity contribution in [2.45, 2.75) is 45.1 Å². The Kier molecular flexibility index (Phi) is 4.79. The van der Waals surface area contributed by atoms with Gasteiger partial charge in [-0.2, -0.15) is 0 Å². The van der Waals surface area contributed by atoms with E-state index >= 15 is 0 Å². The van der Waals surface area contributed by atoms with E-state index in [0.29, 0.717) is 11.5 Å². The molecule has 1 N–H and O–H groups in total. The van der Waals surface area contributed by atoms with Crippen LogP contribution < -0.4 is 0 Å². The molecule has 0 aromatic heterocycles. The summed E-state index contributed by atoms with van der Waals surface area (Å²) in [7, 11) is 0. The Morgan fingerprint density at radius 3 is 2.94 bits per heavy atom. The predicted octanol–water partition coefficient (Wildman–Crippen LogP) is 4.84. The van der Waals surface area contributed by atoms with Crippen molar-refractivity contribution in [2.75, 3.05) is 0 Å². The molecule has 100 valence electrons. The highest BCUT2D eigenvalue weighted by atomic mass is 79.9. The van der Waals surface area contributed by atoms with Gasteiger partial charge in [0.25, 0.3) is 0 Å². The molecular weight excluding hydrogens is 295 g/mol. The monoisotopic (exact) mass is 314 g/mol. The number of hydrogen-bond acceptors (Lipinski definition) is 1. The summed E-state index contributed by atoms with van der Waals surface area (Å²) < 4.78 is 14.6. The summed E-state index contributed by atoms with van der Waals surface area (Å²) in [5.41, 5.74) is 0.436. The van der Waals surface area contributed by atoms with Gasteiger partial charge in [0, 0.05) is 10.0 Å². The number of halogens is 2. The van der Waals surface area contributed by atoms with Crippen molar-refractivity contribution in [3.05, 3.63) is 34.1 Å². The fourth-order valence-corrected chi connectivity index (χ4v) is 3.36. The molecule has 1 aromatic carbocycles. The Balaban J connectivity index is 2.14. The third-order valence-electron chi connectivity index (χ3n) is 4.12. The Bertz CT molecular complexity index is 407. The average Bonchev–Trinajstić information content (AvgIpc) is 2.41. The molecule has 1 aliphatic rings. The molecule has 1 fully saturated rings. The van der Waals surface area contributed by atoms with Crippen molar-refractivity contribution in [3.8, 4) is 0 Å². The van der Waals surface area contributed by atoms with E-state index in [0.717, 1.165) is 30.2 Å². The third kappa shape index (κ3) is 3.12. The predicted molar refractivity (Wildman–Crippen MR) is 74.8 cm³/mol. The van der Waals surface area contributed by atoms with Crippen molar-refractivity contribution in [1.29, 1.82) is 0 Å². The van der Waals surface area contributed by atoms with E-state index < -0.39 is 6.10 Å². The quantitative estimate of drug-likeness (QED) is 0.846. The van der Waals surface area contributed by atoms with Gasteiger partial charge < -0.3 is 5.11 Å². The molecule has 18 heavy (non-hydrogen) atoms. The highest BCUT2D eigenvalue weighted by Gasteiger charge is 2.29. The summed E-state index contributed by atoms with van der Waals surface area (Å²) in [5.74, 6) is 0.588. The molecule has 1 aliphatic carbocycles. The fourth-order valence-electron chi connectivity index (χ4n) is 2.99. The van der Waals surface area contributed by atoms with Crippen molar-refractivity contribution in [3.63, 3.8) is 0 Å². The first-order chi connectivity index (χ1) is 8.61. The maximum absolute atomic E-state index is 13.8. The second-order valence-corrected chi connectivity index (χ2v) is 6.23. The zero-order valence-electron chi connectivity index (χ0n) is 10.7. The topological polar surface area (TPSA) is 20.2 Å². The van der Waals surface area contributed by atoms with Crippen molar-refractivity contribution >= 4 is 15.9 Å². The molecular formula is C15H20BrFO. The summed E-state index contributed by atoms with van der Waals surface area (Å²) in [6.45, 7) is 2.19. The van der Waals surface area contributed by atoms with E-state index in [4.69, 9.17) is 0 Å². The smallest absolute Gasteiger partial charge is 0.129 e. The molecule has 1 saturated carbocycles. The van der Waals surface area contributed by atoms with E-state index in [9.17, 15) is 9.50 Å². The Labute approximate surface area is 117 Å². The van der Waals surface area contributed by atoms with Crippen LogP contribution in [0.3, 0.4) is 0 Å². The van der Waals surface area contributed by atoms with Gasteiger partial charge in [0.1, 0.15) is 5.82 Å². The molecule has 1 aromatic rings. The average molecular weight is 315 g/mol. The van der Waals surface area contributed by atoms with Gasteiger partial charge in [0.2, 0.25) is 0 Å². The molecule has 0 radical (unpaired) electrons. The van der Waals surface area contributed by atoms with Gasteiger partial charge in [0.05, 0.1) is 6.10 Å². The van der Waals surface area contributed by atoms with Crippen molar-refractivity contribution < 1.29 is 9.50 Å². The Morgan fingerprint density at radius 1 is 1.44 bits per heavy atom. The summed E-state index contributed by atoms with van der Waals surface area (Å²) >= 11 is 3.34. The zero-order chi connectivity index (χ0) is 13.1. The minimum Gasteiger partial charge on any atom is -0.388 e. The lowest BCUT2D eigenvalue weighted by molar-refractivity contribution is 0.0650. The minimum atomic E-state index is -0.670. The SMILES string of the molecule is CCC1CCCC(C(O)c2cc(Br)ccc2F)C1.